The van der Waals surface area contributed by atoms with E-state index in [9.17, 15) is 0 Å². The van der Waals surface area contributed by atoms with E-state index in [2.05, 4.69) is 38.3 Å². The van der Waals surface area contributed by atoms with Crippen LogP contribution in [0.2, 0.25) is 0 Å². The Labute approximate surface area is 88.6 Å². The van der Waals surface area contributed by atoms with Crippen LogP contribution in [-0.4, -0.2) is 38.4 Å². The third-order valence-electron chi connectivity index (χ3n) is 2.31. The lowest BCUT2D eigenvalue weighted by atomic mass is 10.1. The van der Waals surface area contributed by atoms with Gasteiger partial charge in [-0.1, -0.05) is 13.8 Å². The average molecular weight is 202 g/mol. The summed E-state index contributed by atoms with van der Waals surface area (Å²) < 4.78 is 5.33. The summed E-state index contributed by atoms with van der Waals surface area (Å²) in [6.07, 6.45) is 1.05. The zero-order valence-electron chi connectivity index (χ0n) is 10.3. The fraction of sp³-hybridized carbons (Fsp3) is 1.00. The highest BCUT2D eigenvalue weighted by molar-refractivity contribution is 4.69. The molecule has 3 nitrogen and oxygen atoms in total. The molecule has 3 heteroatoms. The molecule has 0 atom stereocenters. The van der Waals surface area contributed by atoms with Gasteiger partial charge in [0.25, 0.3) is 0 Å². The van der Waals surface area contributed by atoms with E-state index in [0.717, 1.165) is 26.1 Å². The molecule has 14 heavy (non-hydrogen) atoms. The van der Waals surface area contributed by atoms with Crippen molar-refractivity contribution in [3.8, 4) is 0 Å². The standard InChI is InChI=1S/C11H26N2O/c1-10(2)13-9-8-12-7-6-11(3,4)14-5/h10,12-13H,6-9H2,1-5H3. The SMILES string of the molecule is COC(C)(C)CCNCCNC(C)C. The van der Waals surface area contributed by atoms with Crippen molar-refractivity contribution in [1.29, 1.82) is 0 Å². The molecule has 0 fully saturated rings. The van der Waals surface area contributed by atoms with Gasteiger partial charge in [0.15, 0.2) is 0 Å². The molecule has 0 amide bonds. The molecule has 0 saturated carbocycles. The summed E-state index contributed by atoms with van der Waals surface area (Å²) >= 11 is 0. The highest BCUT2D eigenvalue weighted by atomic mass is 16.5. The van der Waals surface area contributed by atoms with Gasteiger partial charge in [0.1, 0.15) is 0 Å². The first-order valence-corrected chi connectivity index (χ1v) is 5.47. The molecule has 0 aliphatic heterocycles. The van der Waals surface area contributed by atoms with Crippen molar-refractivity contribution in [2.45, 2.75) is 45.8 Å². The van der Waals surface area contributed by atoms with Crippen LogP contribution >= 0.6 is 0 Å². The lowest BCUT2D eigenvalue weighted by molar-refractivity contribution is 0.0159. The Bertz CT molecular complexity index is 135. The molecule has 0 aromatic carbocycles. The van der Waals surface area contributed by atoms with E-state index in [-0.39, 0.29) is 5.60 Å². The van der Waals surface area contributed by atoms with Gasteiger partial charge in [-0.2, -0.15) is 0 Å². The second-order valence-corrected chi connectivity index (χ2v) is 4.57. The summed E-state index contributed by atoms with van der Waals surface area (Å²) in [4.78, 5) is 0. The molecule has 0 rings (SSSR count). The summed E-state index contributed by atoms with van der Waals surface area (Å²) in [5.74, 6) is 0. The maximum Gasteiger partial charge on any atom is 0.0634 e. The van der Waals surface area contributed by atoms with Crippen molar-refractivity contribution in [1.82, 2.24) is 10.6 Å². The van der Waals surface area contributed by atoms with E-state index in [1.807, 2.05) is 0 Å². The predicted molar refractivity (Wildman–Crippen MR) is 61.7 cm³/mol. The Hall–Kier alpha value is -0.120. The molecule has 86 valence electrons. The van der Waals surface area contributed by atoms with Crippen LogP contribution in [0, 0.1) is 0 Å². The van der Waals surface area contributed by atoms with Gasteiger partial charge in [-0.3, -0.25) is 0 Å². The zero-order valence-corrected chi connectivity index (χ0v) is 10.3. The Morgan fingerprint density at radius 1 is 1.14 bits per heavy atom. The third-order valence-corrected chi connectivity index (χ3v) is 2.31. The first kappa shape index (κ1) is 13.9. The molecule has 0 unspecified atom stereocenters. The fourth-order valence-electron chi connectivity index (χ4n) is 1.07. The van der Waals surface area contributed by atoms with Crippen LogP contribution in [-0.2, 0) is 4.74 Å². The molecule has 2 N–H and O–H groups in total. The molecule has 0 aliphatic carbocycles. The highest BCUT2D eigenvalue weighted by Gasteiger charge is 2.14. The van der Waals surface area contributed by atoms with Gasteiger partial charge in [-0.25, -0.2) is 0 Å². The van der Waals surface area contributed by atoms with E-state index in [4.69, 9.17) is 4.74 Å². The van der Waals surface area contributed by atoms with E-state index < -0.39 is 0 Å². The smallest absolute Gasteiger partial charge is 0.0634 e. The van der Waals surface area contributed by atoms with Crippen LogP contribution < -0.4 is 10.6 Å². The number of ether oxygens (including phenoxy) is 1. The second kappa shape index (κ2) is 7.21. The minimum Gasteiger partial charge on any atom is -0.379 e. The number of methoxy groups -OCH3 is 1. The van der Waals surface area contributed by atoms with Crippen LogP contribution in [0.4, 0.5) is 0 Å². The van der Waals surface area contributed by atoms with Gasteiger partial charge in [-0.15, -0.1) is 0 Å². The lowest BCUT2D eigenvalue weighted by Gasteiger charge is -2.22. The molecule has 0 bridgehead atoms. The second-order valence-electron chi connectivity index (χ2n) is 4.57. The Balaban J connectivity index is 3.21. The monoisotopic (exact) mass is 202 g/mol. The van der Waals surface area contributed by atoms with Crippen molar-refractivity contribution in [2.24, 2.45) is 0 Å². The first-order valence-electron chi connectivity index (χ1n) is 5.47. The van der Waals surface area contributed by atoms with Crippen molar-refractivity contribution < 1.29 is 4.74 Å². The fourth-order valence-corrected chi connectivity index (χ4v) is 1.07. The van der Waals surface area contributed by atoms with Crippen molar-refractivity contribution in [2.75, 3.05) is 26.7 Å². The van der Waals surface area contributed by atoms with E-state index in [0.29, 0.717) is 6.04 Å². The molecule has 0 aliphatic rings. The molecule has 0 heterocycles. The molecule has 0 saturated heterocycles. The van der Waals surface area contributed by atoms with E-state index in [1.54, 1.807) is 7.11 Å². The van der Waals surface area contributed by atoms with Crippen LogP contribution in [0.3, 0.4) is 0 Å². The molecular weight excluding hydrogens is 176 g/mol. The summed E-state index contributed by atoms with van der Waals surface area (Å²) in [6.45, 7) is 11.6. The summed E-state index contributed by atoms with van der Waals surface area (Å²) in [5.41, 5.74) is -0.00151. The van der Waals surface area contributed by atoms with Gasteiger partial charge in [0.2, 0.25) is 0 Å². The summed E-state index contributed by atoms with van der Waals surface area (Å²) in [7, 11) is 1.76. The van der Waals surface area contributed by atoms with E-state index in [1.165, 1.54) is 0 Å². The quantitative estimate of drug-likeness (QED) is 0.584. The van der Waals surface area contributed by atoms with Gasteiger partial charge in [-0.05, 0) is 26.8 Å². The van der Waals surface area contributed by atoms with Crippen LogP contribution in [0.1, 0.15) is 34.1 Å². The topological polar surface area (TPSA) is 33.3 Å². The molecule has 0 aromatic rings. The van der Waals surface area contributed by atoms with Crippen LogP contribution in [0.5, 0.6) is 0 Å². The van der Waals surface area contributed by atoms with Crippen molar-refractivity contribution in [3.05, 3.63) is 0 Å². The number of hydrogen-bond acceptors (Lipinski definition) is 3. The highest BCUT2D eigenvalue weighted by Crippen LogP contribution is 2.10. The molecular formula is C11H26N2O. The number of hydrogen-bond donors (Lipinski definition) is 2. The predicted octanol–water partition coefficient (Wildman–Crippen LogP) is 1.39. The van der Waals surface area contributed by atoms with Gasteiger partial charge in [0.05, 0.1) is 5.60 Å². The molecule has 0 aromatic heterocycles. The van der Waals surface area contributed by atoms with Gasteiger partial charge < -0.3 is 15.4 Å². The Morgan fingerprint density at radius 3 is 2.29 bits per heavy atom. The largest absolute Gasteiger partial charge is 0.379 e. The number of rotatable bonds is 8. The third kappa shape index (κ3) is 8.48. The first-order chi connectivity index (χ1) is 6.48. The lowest BCUT2D eigenvalue weighted by Crippen LogP contribution is -2.34. The maximum atomic E-state index is 5.33. The summed E-state index contributed by atoms with van der Waals surface area (Å²) in [5, 5.41) is 6.75. The van der Waals surface area contributed by atoms with E-state index >= 15 is 0 Å². The zero-order chi connectivity index (χ0) is 11.0. The molecule has 0 spiro atoms. The van der Waals surface area contributed by atoms with Crippen molar-refractivity contribution >= 4 is 0 Å². The van der Waals surface area contributed by atoms with Crippen LogP contribution in [0.15, 0.2) is 0 Å². The van der Waals surface area contributed by atoms with Crippen LogP contribution in [0.25, 0.3) is 0 Å². The van der Waals surface area contributed by atoms with Crippen molar-refractivity contribution in [3.63, 3.8) is 0 Å². The van der Waals surface area contributed by atoms with Gasteiger partial charge >= 0.3 is 0 Å². The Kier molecular flexibility index (Phi) is 7.15. The molecule has 0 radical (unpaired) electrons. The number of nitrogens with one attached hydrogen (secondary N) is 2. The maximum absolute atomic E-state index is 5.33. The minimum atomic E-state index is -0.00151. The van der Waals surface area contributed by atoms with Gasteiger partial charge in [0, 0.05) is 26.2 Å². The Morgan fingerprint density at radius 2 is 1.79 bits per heavy atom. The normalized spacial score (nSPS) is 12.4. The minimum absolute atomic E-state index is 0.00151. The average Bonchev–Trinajstić information content (AvgIpc) is 2.10. The summed E-state index contributed by atoms with van der Waals surface area (Å²) in [6, 6.07) is 0.576.